The minimum atomic E-state index is -0.0197. The lowest BCUT2D eigenvalue weighted by molar-refractivity contribution is -0.122. The SMILES string of the molecule is CC(NC(=O)CCC1CCNCC1)c1ccc(NC(=O)C2CC2)cc1.Cl. The van der Waals surface area contributed by atoms with E-state index in [-0.39, 0.29) is 36.2 Å². The Balaban J connectivity index is 0.00000243. The van der Waals surface area contributed by atoms with Crippen LogP contribution in [0.3, 0.4) is 0 Å². The molecule has 1 aliphatic heterocycles. The van der Waals surface area contributed by atoms with Gasteiger partial charge in [0.25, 0.3) is 0 Å². The molecule has 2 fully saturated rings. The highest BCUT2D eigenvalue weighted by Crippen LogP contribution is 2.30. The first-order valence-electron chi connectivity index (χ1n) is 9.52. The van der Waals surface area contributed by atoms with Gasteiger partial charge in [0.15, 0.2) is 0 Å². The fourth-order valence-electron chi connectivity index (χ4n) is 3.35. The maximum absolute atomic E-state index is 12.2. The maximum atomic E-state index is 12.2. The minimum Gasteiger partial charge on any atom is -0.350 e. The summed E-state index contributed by atoms with van der Waals surface area (Å²) < 4.78 is 0. The van der Waals surface area contributed by atoms with E-state index in [0.29, 0.717) is 12.3 Å². The predicted octanol–water partition coefficient (Wildman–Crippen LogP) is 3.41. The zero-order valence-corrected chi connectivity index (χ0v) is 16.2. The Morgan fingerprint density at radius 3 is 2.38 bits per heavy atom. The number of rotatable bonds is 7. The number of halogens is 1. The third-order valence-electron chi connectivity index (χ3n) is 5.24. The molecule has 1 saturated carbocycles. The number of benzene rings is 1. The Morgan fingerprint density at radius 1 is 1.12 bits per heavy atom. The summed E-state index contributed by atoms with van der Waals surface area (Å²) in [5, 5.41) is 9.37. The number of nitrogens with one attached hydrogen (secondary N) is 3. The fourth-order valence-corrected chi connectivity index (χ4v) is 3.35. The van der Waals surface area contributed by atoms with Crippen LogP contribution in [-0.4, -0.2) is 24.9 Å². The van der Waals surface area contributed by atoms with Crippen LogP contribution in [0.25, 0.3) is 0 Å². The number of hydrogen-bond donors (Lipinski definition) is 3. The molecule has 1 aromatic rings. The molecule has 1 aromatic carbocycles. The molecule has 0 aromatic heterocycles. The number of amides is 2. The molecule has 0 spiro atoms. The van der Waals surface area contributed by atoms with Gasteiger partial charge in [0, 0.05) is 18.0 Å². The molecule has 1 saturated heterocycles. The van der Waals surface area contributed by atoms with E-state index in [9.17, 15) is 9.59 Å². The van der Waals surface area contributed by atoms with E-state index >= 15 is 0 Å². The molecule has 2 aliphatic rings. The normalized spacial score (nSPS) is 18.5. The van der Waals surface area contributed by atoms with Crippen molar-refractivity contribution >= 4 is 29.9 Å². The van der Waals surface area contributed by atoms with Crippen LogP contribution in [0.1, 0.15) is 57.1 Å². The van der Waals surface area contributed by atoms with Gasteiger partial charge in [-0.1, -0.05) is 12.1 Å². The topological polar surface area (TPSA) is 70.2 Å². The highest BCUT2D eigenvalue weighted by Gasteiger charge is 2.29. The molecule has 3 rings (SSSR count). The minimum absolute atomic E-state index is 0. The van der Waals surface area contributed by atoms with Gasteiger partial charge in [0.05, 0.1) is 6.04 Å². The van der Waals surface area contributed by atoms with E-state index in [2.05, 4.69) is 16.0 Å². The largest absolute Gasteiger partial charge is 0.350 e. The molecule has 144 valence electrons. The molecule has 0 radical (unpaired) electrons. The highest BCUT2D eigenvalue weighted by molar-refractivity contribution is 5.94. The summed E-state index contributed by atoms with van der Waals surface area (Å²) in [5.74, 6) is 1.12. The van der Waals surface area contributed by atoms with Crippen LogP contribution in [0, 0.1) is 11.8 Å². The van der Waals surface area contributed by atoms with Crippen molar-refractivity contribution in [3.8, 4) is 0 Å². The summed E-state index contributed by atoms with van der Waals surface area (Å²) in [7, 11) is 0. The Kier molecular flexibility index (Phi) is 7.91. The number of carbonyl (C=O) groups is 2. The van der Waals surface area contributed by atoms with E-state index in [1.54, 1.807) is 0 Å². The van der Waals surface area contributed by atoms with Gasteiger partial charge in [0.2, 0.25) is 11.8 Å². The molecular weight excluding hydrogens is 350 g/mol. The van der Waals surface area contributed by atoms with Crippen LogP contribution in [0.2, 0.25) is 0 Å². The van der Waals surface area contributed by atoms with Crippen LogP contribution in [0.5, 0.6) is 0 Å². The van der Waals surface area contributed by atoms with Gasteiger partial charge in [-0.15, -0.1) is 12.4 Å². The highest BCUT2D eigenvalue weighted by atomic mass is 35.5. The monoisotopic (exact) mass is 379 g/mol. The smallest absolute Gasteiger partial charge is 0.227 e. The molecule has 26 heavy (non-hydrogen) atoms. The lowest BCUT2D eigenvalue weighted by Crippen LogP contribution is -2.30. The molecule has 6 heteroatoms. The second kappa shape index (κ2) is 9.93. The number of anilines is 1. The average Bonchev–Trinajstić information content (AvgIpc) is 3.46. The Bertz CT molecular complexity index is 596. The van der Waals surface area contributed by atoms with E-state index < -0.39 is 0 Å². The first-order valence-corrected chi connectivity index (χ1v) is 9.52. The van der Waals surface area contributed by atoms with Gasteiger partial charge < -0.3 is 16.0 Å². The van der Waals surface area contributed by atoms with Crippen LogP contribution in [0.4, 0.5) is 5.69 Å². The van der Waals surface area contributed by atoms with Crippen molar-refractivity contribution in [2.24, 2.45) is 11.8 Å². The quantitative estimate of drug-likeness (QED) is 0.679. The molecule has 0 bridgehead atoms. The molecule has 3 N–H and O–H groups in total. The van der Waals surface area contributed by atoms with Crippen LogP contribution < -0.4 is 16.0 Å². The van der Waals surface area contributed by atoms with Crippen molar-refractivity contribution in [3.63, 3.8) is 0 Å². The van der Waals surface area contributed by atoms with Crippen LogP contribution in [-0.2, 0) is 9.59 Å². The van der Waals surface area contributed by atoms with E-state index in [1.165, 1.54) is 12.8 Å². The van der Waals surface area contributed by atoms with Gasteiger partial charge in [0.1, 0.15) is 0 Å². The van der Waals surface area contributed by atoms with Gasteiger partial charge >= 0.3 is 0 Å². The third-order valence-corrected chi connectivity index (χ3v) is 5.24. The summed E-state index contributed by atoms with van der Waals surface area (Å²) in [6.45, 7) is 4.15. The lowest BCUT2D eigenvalue weighted by Gasteiger charge is -2.22. The standard InChI is InChI=1S/C20H29N3O2.ClH/c1-14(22-19(24)9-2-15-10-12-21-13-11-15)16-5-7-18(8-6-16)23-20(25)17-3-4-17;/h5-8,14-15,17,21H,2-4,9-13H2,1H3,(H,22,24)(H,23,25);1H. The van der Waals surface area contributed by atoms with Crippen molar-refractivity contribution in [1.29, 1.82) is 0 Å². The zero-order valence-electron chi connectivity index (χ0n) is 15.4. The van der Waals surface area contributed by atoms with Crippen LogP contribution >= 0.6 is 12.4 Å². The number of carbonyl (C=O) groups excluding carboxylic acids is 2. The molecule has 1 aliphatic carbocycles. The summed E-state index contributed by atoms with van der Waals surface area (Å²) in [4.78, 5) is 23.9. The Labute approximate surface area is 162 Å². The third kappa shape index (κ3) is 6.29. The number of hydrogen-bond acceptors (Lipinski definition) is 3. The Morgan fingerprint density at radius 2 is 1.77 bits per heavy atom. The van der Waals surface area contributed by atoms with Gasteiger partial charge in [-0.3, -0.25) is 9.59 Å². The summed E-state index contributed by atoms with van der Waals surface area (Å²) in [6.07, 6.45) is 5.94. The second-order valence-corrected chi connectivity index (χ2v) is 7.41. The molecule has 2 amide bonds. The van der Waals surface area contributed by atoms with Gasteiger partial charge in [-0.2, -0.15) is 0 Å². The molecule has 1 heterocycles. The first-order chi connectivity index (χ1) is 12.1. The molecule has 5 nitrogen and oxygen atoms in total. The van der Waals surface area contributed by atoms with Gasteiger partial charge in [-0.05, 0) is 75.7 Å². The lowest BCUT2D eigenvalue weighted by atomic mass is 9.93. The van der Waals surface area contributed by atoms with E-state index in [0.717, 1.165) is 43.6 Å². The van der Waals surface area contributed by atoms with Crippen molar-refractivity contribution < 1.29 is 9.59 Å². The average molecular weight is 380 g/mol. The number of piperidine rings is 1. The van der Waals surface area contributed by atoms with Crippen molar-refractivity contribution in [2.45, 2.75) is 51.5 Å². The van der Waals surface area contributed by atoms with Crippen LogP contribution in [0.15, 0.2) is 24.3 Å². The fraction of sp³-hybridized carbons (Fsp3) is 0.600. The van der Waals surface area contributed by atoms with Crippen molar-refractivity contribution in [1.82, 2.24) is 10.6 Å². The van der Waals surface area contributed by atoms with Crippen molar-refractivity contribution in [2.75, 3.05) is 18.4 Å². The summed E-state index contributed by atoms with van der Waals surface area (Å²) >= 11 is 0. The predicted molar refractivity (Wildman–Crippen MR) is 106 cm³/mol. The zero-order chi connectivity index (χ0) is 17.6. The van der Waals surface area contributed by atoms with E-state index in [1.807, 2.05) is 31.2 Å². The maximum Gasteiger partial charge on any atom is 0.227 e. The molecular formula is C20H30ClN3O2. The molecule has 1 atom stereocenters. The van der Waals surface area contributed by atoms with Crippen molar-refractivity contribution in [3.05, 3.63) is 29.8 Å². The Hall–Kier alpha value is -1.59. The first kappa shape index (κ1) is 20.7. The molecule has 1 unspecified atom stereocenters. The van der Waals surface area contributed by atoms with E-state index in [4.69, 9.17) is 0 Å². The summed E-state index contributed by atoms with van der Waals surface area (Å²) in [5.41, 5.74) is 1.88. The second-order valence-electron chi connectivity index (χ2n) is 7.41. The van der Waals surface area contributed by atoms with Gasteiger partial charge in [-0.25, -0.2) is 0 Å². The summed E-state index contributed by atoms with van der Waals surface area (Å²) in [6, 6.07) is 7.75.